The second kappa shape index (κ2) is 6.37. The quantitative estimate of drug-likeness (QED) is 0.860. The van der Waals surface area contributed by atoms with Gasteiger partial charge >= 0.3 is 0 Å². The van der Waals surface area contributed by atoms with Crippen molar-refractivity contribution in [3.63, 3.8) is 0 Å². The van der Waals surface area contributed by atoms with Gasteiger partial charge in [-0.25, -0.2) is 0 Å². The number of anilines is 1. The minimum Gasteiger partial charge on any atom is -0.370 e. The summed E-state index contributed by atoms with van der Waals surface area (Å²) in [6.07, 6.45) is 0. The van der Waals surface area contributed by atoms with Crippen molar-refractivity contribution in [2.24, 2.45) is 0 Å². The Labute approximate surface area is 121 Å². The Morgan fingerprint density at radius 1 is 1.20 bits per heavy atom. The van der Waals surface area contributed by atoms with E-state index in [4.69, 9.17) is 4.74 Å². The maximum Gasteiger partial charge on any atom is 0.279 e. The summed E-state index contributed by atoms with van der Waals surface area (Å²) >= 11 is 0. The number of nitrogens with one attached hydrogen (secondary N) is 2. The van der Waals surface area contributed by atoms with Crippen molar-refractivity contribution in [1.82, 2.24) is 0 Å². The molecule has 0 spiro atoms. The molecule has 1 aliphatic heterocycles. The highest BCUT2D eigenvalue weighted by molar-refractivity contribution is 5.91. The van der Waals surface area contributed by atoms with Gasteiger partial charge in [0.1, 0.15) is 13.1 Å². The van der Waals surface area contributed by atoms with Crippen LogP contribution < -0.4 is 10.2 Å². The number of hydrogen-bond acceptors (Lipinski definition) is 2. The van der Waals surface area contributed by atoms with Gasteiger partial charge < -0.3 is 15.0 Å². The Bertz CT molecular complexity index is 443. The van der Waals surface area contributed by atoms with Crippen molar-refractivity contribution in [2.75, 3.05) is 38.2 Å². The second-order valence-corrected chi connectivity index (χ2v) is 6.41. The molecule has 0 atom stereocenters. The number of carbonyl (C=O) groups is 1. The molecule has 1 heterocycles. The van der Waals surface area contributed by atoms with Crippen LogP contribution in [0.15, 0.2) is 24.3 Å². The molecule has 1 saturated heterocycles. The third kappa shape index (κ3) is 4.32. The highest BCUT2D eigenvalue weighted by Crippen LogP contribution is 2.23. The van der Waals surface area contributed by atoms with E-state index in [1.165, 1.54) is 10.5 Å². The summed E-state index contributed by atoms with van der Waals surface area (Å²) < 4.78 is 5.29. The van der Waals surface area contributed by atoms with Gasteiger partial charge in [-0.1, -0.05) is 32.9 Å². The Hall–Kier alpha value is -1.39. The smallest absolute Gasteiger partial charge is 0.279 e. The van der Waals surface area contributed by atoms with Crippen LogP contribution in [0.5, 0.6) is 0 Å². The number of benzene rings is 1. The molecule has 2 rings (SSSR count). The topological polar surface area (TPSA) is 42.8 Å². The number of quaternary nitrogens is 1. The first-order chi connectivity index (χ1) is 9.45. The standard InChI is InChI=1S/C16H24N2O2/c1-16(2,3)13-4-6-14(7-5-13)17-15(19)12-18-8-10-20-11-9-18/h4-7H,8-12H2,1-3H3,(H,17,19)/p+1. The highest BCUT2D eigenvalue weighted by atomic mass is 16.5. The van der Waals surface area contributed by atoms with Gasteiger partial charge in [0.15, 0.2) is 6.54 Å². The molecule has 0 radical (unpaired) electrons. The molecule has 2 N–H and O–H groups in total. The number of amides is 1. The summed E-state index contributed by atoms with van der Waals surface area (Å²) in [5.74, 6) is 0.0745. The Balaban J connectivity index is 1.87. The molecule has 1 aromatic carbocycles. The monoisotopic (exact) mass is 277 g/mol. The number of rotatable bonds is 3. The molecule has 1 aromatic rings. The lowest BCUT2D eigenvalue weighted by Crippen LogP contribution is -3.15. The first-order valence-corrected chi connectivity index (χ1v) is 7.27. The van der Waals surface area contributed by atoms with Gasteiger partial charge in [-0.2, -0.15) is 0 Å². The molecule has 1 amide bonds. The number of hydrogen-bond donors (Lipinski definition) is 2. The Kier molecular flexibility index (Phi) is 4.78. The van der Waals surface area contributed by atoms with Gasteiger partial charge in [-0.15, -0.1) is 0 Å². The van der Waals surface area contributed by atoms with Crippen LogP contribution >= 0.6 is 0 Å². The lowest BCUT2D eigenvalue weighted by atomic mass is 9.87. The average Bonchev–Trinajstić information content (AvgIpc) is 2.39. The summed E-state index contributed by atoms with van der Waals surface area (Å²) in [7, 11) is 0. The predicted octanol–water partition coefficient (Wildman–Crippen LogP) is 0.838. The lowest BCUT2D eigenvalue weighted by Gasteiger charge is -2.23. The van der Waals surface area contributed by atoms with Gasteiger partial charge in [0.05, 0.1) is 13.2 Å². The zero-order valence-corrected chi connectivity index (χ0v) is 12.7. The van der Waals surface area contributed by atoms with E-state index < -0.39 is 0 Å². The molecular weight excluding hydrogens is 252 g/mol. The van der Waals surface area contributed by atoms with Gasteiger partial charge in [0.2, 0.25) is 0 Å². The SMILES string of the molecule is CC(C)(C)c1ccc(NC(=O)C[NH+]2CCOCC2)cc1. The van der Waals surface area contributed by atoms with Crippen LogP contribution in [0.4, 0.5) is 5.69 Å². The number of ether oxygens (including phenoxy) is 1. The maximum atomic E-state index is 12.0. The molecule has 0 aromatic heterocycles. The van der Waals surface area contributed by atoms with E-state index >= 15 is 0 Å². The van der Waals surface area contributed by atoms with E-state index in [0.717, 1.165) is 32.0 Å². The van der Waals surface area contributed by atoms with Crippen molar-refractivity contribution in [1.29, 1.82) is 0 Å². The van der Waals surface area contributed by atoms with Crippen LogP contribution in [0.25, 0.3) is 0 Å². The van der Waals surface area contributed by atoms with E-state index in [-0.39, 0.29) is 11.3 Å². The Morgan fingerprint density at radius 3 is 2.35 bits per heavy atom. The fraction of sp³-hybridized carbons (Fsp3) is 0.562. The van der Waals surface area contributed by atoms with E-state index in [9.17, 15) is 4.79 Å². The third-order valence-corrected chi connectivity index (χ3v) is 3.65. The molecule has 1 fully saturated rings. The minimum atomic E-state index is 0.0745. The van der Waals surface area contributed by atoms with Gasteiger partial charge in [0, 0.05) is 5.69 Å². The van der Waals surface area contributed by atoms with Crippen LogP contribution in [0.2, 0.25) is 0 Å². The predicted molar refractivity (Wildman–Crippen MR) is 80.2 cm³/mol. The van der Waals surface area contributed by atoms with Crippen molar-refractivity contribution in [3.8, 4) is 0 Å². The van der Waals surface area contributed by atoms with E-state index in [2.05, 4.69) is 38.2 Å². The summed E-state index contributed by atoms with van der Waals surface area (Å²) in [5.41, 5.74) is 2.28. The summed E-state index contributed by atoms with van der Waals surface area (Å²) in [5, 5.41) is 2.97. The molecule has 0 saturated carbocycles. The first-order valence-electron chi connectivity index (χ1n) is 7.27. The molecule has 4 nitrogen and oxygen atoms in total. The summed E-state index contributed by atoms with van der Waals surface area (Å²) in [6.45, 7) is 10.4. The third-order valence-electron chi connectivity index (χ3n) is 3.65. The second-order valence-electron chi connectivity index (χ2n) is 6.41. The van der Waals surface area contributed by atoms with E-state index in [1.54, 1.807) is 0 Å². The van der Waals surface area contributed by atoms with Crippen LogP contribution in [-0.4, -0.2) is 38.8 Å². The van der Waals surface area contributed by atoms with Gasteiger partial charge in [-0.05, 0) is 23.1 Å². The van der Waals surface area contributed by atoms with Gasteiger partial charge in [-0.3, -0.25) is 4.79 Å². The zero-order valence-electron chi connectivity index (χ0n) is 12.7. The van der Waals surface area contributed by atoms with Crippen molar-refractivity contribution in [2.45, 2.75) is 26.2 Å². The minimum absolute atomic E-state index is 0.0745. The number of carbonyl (C=O) groups excluding carboxylic acids is 1. The molecule has 0 aliphatic carbocycles. The molecular formula is C16H25N2O2+. The largest absolute Gasteiger partial charge is 0.370 e. The molecule has 4 heteroatoms. The molecule has 0 unspecified atom stereocenters. The maximum absolute atomic E-state index is 12.0. The van der Waals surface area contributed by atoms with Crippen molar-refractivity contribution in [3.05, 3.63) is 29.8 Å². The molecule has 20 heavy (non-hydrogen) atoms. The number of morpholine rings is 1. The summed E-state index contributed by atoms with van der Waals surface area (Å²) in [6, 6.07) is 8.12. The fourth-order valence-corrected chi connectivity index (χ4v) is 2.32. The van der Waals surface area contributed by atoms with Crippen LogP contribution in [0.3, 0.4) is 0 Å². The van der Waals surface area contributed by atoms with Crippen LogP contribution in [0, 0.1) is 0 Å². The van der Waals surface area contributed by atoms with Gasteiger partial charge in [0.25, 0.3) is 5.91 Å². The Morgan fingerprint density at radius 2 is 1.80 bits per heavy atom. The first kappa shape index (κ1) is 15.0. The van der Waals surface area contributed by atoms with Crippen LogP contribution in [0.1, 0.15) is 26.3 Å². The van der Waals surface area contributed by atoms with Crippen LogP contribution in [-0.2, 0) is 14.9 Å². The van der Waals surface area contributed by atoms with E-state index in [0.29, 0.717) is 6.54 Å². The van der Waals surface area contributed by atoms with E-state index in [1.807, 2.05) is 12.1 Å². The fourth-order valence-electron chi connectivity index (χ4n) is 2.32. The van der Waals surface area contributed by atoms with Crippen molar-refractivity contribution < 1.29 is 14.4 Å². The molecule has 1 aliphatic rings. The molecule has 0 bridgehead atoms. The normalized spacial score (nSPS) is 16.9. The molecule has 110 valence electrons. The highest BCUT2D eigenvalue weighted by Gasteiger charge is 2.18. The summed E-state index contributed by atoms with van der Waals surface area (Å²) in [4.78, 5) is 13.3. The average molecular weight is 277 g/mol. The van der Waals surface area contributed by atoms with Crippen molar-refractivity contribution >= 4 is 11.6 Å². The lowest BCUT2D eigenvalue weighted by molar-refractivity contribution is -0.899. The zero-order chi connectivity index (χ0) is 14.6.